The summed E-state index contributed by atoms with van der Waals surface area (Å²) in [6, 6.07) is 4.95. The molecule has 0 bridgehead atoms. The molecule has 10 heteroatoms. The van der Waals surface area contributed by atoms with Crippen LogP contribution < -0.4 is 14.9 Å². The average Bonchev–Trinajstić information content (AvgIpc) is 3.23. The Morgan fingerprint density at radius 1 is 1.21 bits per heavy atom. The van der Waals surface area contributed by atoms with Gasteiger partial charge in [-0.15, -0.1) is 11.3 Å². The predicted octanol–water partition coefficient (Wildman–Crippen LogP) is 2.18. The minimum absolute atomic E-state index is 0.214. The van der Waals surface area contributed by atoms with Crippen molar-refractivity contribution >= 4 is 44.6 Å². The minimum atomic E-state index is -3.51. The van der Waals surface area contributed by atoms with E-state index in [9.17, 15) is 8.42 Å². The zero-order chi connectivity index (χ0) is 17.0. The van der Waals surface area contributed by atoms with Crippen molar-refractivity contribution in [2.24, 2.45) is 0 Å². The van der Waals surface area contributed by atoms with Crippen molar-refractivity contribution < 1.29 is 8.42 Å². The van der Waals surface area contributed by atoms with E-state index >= 15 is 0 Å². The number of sulfonamides is 1. The lowest BCUT2D eigenvalue weighted by Gasteiger charge is -2.16. The summed E-state index contributed by atoms with van der Waals surface area (Å²) in [6.45, 7) is 2.70. The zero-order valence-electron chi connectivity index (χ0n) is 12.9. The topological polar surface area (TPSA) is 87.2 Å². The highest BCUT2D eigenvalue weighted by molar-refractivity contribution is 7.91. The first-order valence-corrected chi connectivity index (χ1v) is 10.3. The second kappa shape index (κ2) is 7.64. The van der Waals surface area contributed by atoms with Crippen LogP contribution in [0.15, 0.2) is 28.7 Å². The zero-order valence-corrected chi connectivity index (χ0v) is 15.3. The Morgan fingerprint density at radius 3 is 2.71 bits per heavy atom. The van der Waals surface area contributed by atoms with E-state index in [-0.39, 0.29) is 10.8 Å². The molecule has 0 aromatic carbocycles. The molecule has 130 valence electrons. The monoisotopic (exact) mass is 387 g/mol. The SMILES string of the molecule is O=S(=O)(NCCNc1cc(N2CCCC2)ncn1)c1ccc(Cl)s1. The summed E-state index contributed by atoms with van der Waals surface area (Å²) >= 11 is 6.81. The molecule has 1 fully saturated rings. The number of rotatable bonds is 7. The number of halogens is 1. The molecule has 2 aromatic rings. The van der Waals surface area contributed by atoms with E-state index in [1.807, 2.05) is 6.07 Å². The maximum absolute atomic E-state index is 12.1. The van der Waals surface area contributed by atoms with Crippen LogP contribution in [0.3, 0.4) is 0 Å². The molecular formula is C14H18ClN5O2S2. The van der Waals surface area contributed by atoms with Crippen molar-refractivity contribution in [2.45, 2.75) is 17.1 Å². The maximum atomic E-state index is 12.1. The Balaban J connectivity index is 1.50. The molecule has 1 aliphatic rings. The number of nitrogens with zero attached hydrogens (tertiary/aromatic N) is 3. The fourth-order valence-corrected chi connectivity index (χ4v) is 5.01. The third-order valence-electron chi connectivity index (χ3n) is 3.62. The quantitative estimate of drug-likeness (QED) is 0.708. The molecule has 0 atom stereocenters. The molecule has 7 nitrogen and oxygen atoms in total. The third kappa shape index (κ3) is 4.35. The van der Waals surface area contributed by atoms with Crippen LogP contribution in [-0.2, 0) is 10.0 Å². The lowest BCUT2D eigenvalue weighted by atomic mass is 10.4. The Kier molecular flexibility index (Phi) is 5.54. The molecule has 2 aromatic heterocycles. The Hall–Kier alpha value is -1.42. The fourth-order valence-electron chi connectivity index (χ4n) is 2.45. The van der Waals surface area contributed by atoms with Crippen molar-refractivity contribution in [3.05, 3.63) is 28.9 Å². The van der Waals surface area contributed by atoms with Crippen LogP contribution in [0.5, 0.6) is 0 Å². The highest BCUT2D eigenvalue weighted by Crippen LogP contribution is 2.25. The molecule has 0 unspecified atom stereocenters. The Bertz CT molecular complexity index is 790. The van der Waals surface area contributed by atoms with Crippen molar-refractivity contribution in [1.82, 2.24) is 14.7 Å². The van der Waals surface area contributed by atoms with Gasteiger partial charge >= 0.3 is 0 Å². The fraction of sp³-hybridized carbons (Fsp3) is 0.429. The van der Waals surface area contributed by atoms with Gasteiger partial charge in [0.1, 0.15) is 22.2 Å². The molecule has 0 amide bonds. The summed E-state index contributed by atoms with van der Waals surface area (Å²) in [7, 11) is -3.51. The summed E-state index contributed by atoms with van der Waals surface area (Å²) in [4.78, 5) is 10.7. The molecule has 0 aliphatic carbocycles. The van der Waals surface area contributed by atoms with Gasteiger partial charge in [-0.2, -0.15) is 0 Å². The molecule has 3 rings (SSSR count). The number of nitrogens with one attached hydrogen (secondary N) is 2. The molecule has 1 saturated heterocycles. The number of anilines is 2. The summed E-state index contributed by atoms with van der Waals surface area (Å²) in [6.07, 6.45) is 3.89. The Labute approximate surface area is 150 Å². The molecule has 1 aliphatic heterocycles. The first kappa shape index (κ1) is 17.4. The second-order valence-corrected chi connectivity index (χ2v) is 9.05. The van der Waals surface area contributed by atoms with E-state index in [4.69, 9.17) is 11.6 Å². The Morgan fingerprint density at radius 2 is 2.00 bits per heavy atom. The molecule has 0 spiro atoms. The van der Waals surface area contributed by atoms with Gasteiger partial charge in [0.2, 0.25) is 10.0 Å². The van der Waals surface area contributed by atoms with Crippen LogP contribution >= 0.6 is 22.9 Å². The van der Waals surface area contributed by atoms with Crippen molar-refractivity contribution in [1.29, 1.82) is 0 Å². The van der Waals surface area contributed by atoms with Gasteiger partial charge in [0.05, 0.1) is 4.34 Å². The number of aromatic nitrogens is 2. The van der Waals surface area contributed by atoms with E-state index < -0.39 is 10.0 Å². The van der Waals surface area contributed by atoms with Crippen LogP contribution in [0.1, 0.15) is 12.8 Å². The van der Waals surface area contributed by atoms with Crippen molar-refractivity contribution in [3.63, 3.8) is 0 Å². The van der Waals surface area contributed by atoms with E-state index in [1.54, 1.807) is 6.07 Å². The maximum Gasteiger partial charge on any atom is 0.250 e. The molecule has 3 heterocycles. The predicted molar refractivity (Wildman–Crippen MR) is 96.5 cm³/mol. The van der Waals surface area contributed by atoms with E-state index in [0.717, 1.165) is 30.2 Å². The van der Waals surface area contributed by atoms with Gasteiger partial charge in [-0.05, 0) is 25.0 Å². The summed E-state index contributed by atoms with van der Waals surface area (Å²) in [5, 5.41) is 3.11. The number of hydrogen-bond donors (Lipinski definition) is 2. The molecular weight excluding hydrogens is 370 g/mol. The van der Waals surface area contributed by atoms with Crippen LogP contribution in [0.2, 0.25) is 4.34 Å². The minimum Gasteiger partial charge on any atom is -0.369 e. The first-order chi connectivity index (χ1) is 11.5. The van der Waals surface area contributed by atoms with Crippen molar-refractivity contribution in [3.8, 4) is 0 Å². The molecule has 0 saturated carbocycles. The largest absolute Gasteiger partial charge is 0.369 e. The highest BCUT2D eigenvalue weighted by atomic mass is 35.5. The summed E-state index contributed by atoms with van der Waals surface area (Å²) < 4.78 is 27.3. The summed E-state index contributed by atoms with van der Waals surface area (Å²) in [5.74, 6) is 1.59. The van der Waals surface area contributed by atoms with Crippen LogP contribution in [0.4, 0.5) is 11.6 Å². The smallest absolute Gasteiger partial charge is 0.250 e. The number of hydrogen-bond acceptors (Lipinski definition) is 7. The standard InChI is InChI=1S/C14H18ClN5O2S2/c15-11-3-4-14(23-11)24(21,22)19-6-5-16-12-9-13(18-10-17-12)20-7-1-2-8-20/h3-4,9-10,19H,1-2,5-8H2,(H,16,17,18). The van der Waals surface area contributed by atoms with E-state index in [0.29, 0.717) is 16.7 Å². The van der Waals surface area contributed by atoms with E-state index in [2.05, 4.69) is 24.9 Å². The van der Waals surface area contributed by atoms with Crippen molar-refractivity contribution in [2.75, 3.05) is 36.4 Å². The molecule has 0 radical (unpaired) electrons. The number of thiophene rings is 1. The molecule has 24 heavy (non-hydrogen) atoms. The van der Waals surface area contributed by atoms with Gasteiger partial charge in [0.15, 0.2) is 0 Å². The van der Waals surface area contributed by atoms with Gasteiger partial charge in [-0.1, -0.05) is 11.6 Å². The summed E-state index contributed by atoms with van der Waals surface area (Å²) in [5.41, 5.74) is 0. The van der Waals surface area contributed by atoms with Crippen LogP contribution in [0, 0.1) is 0 Å². The second-order valence-electron chi connectivity index (χ2n) is 5.34. The van der Waals surface area contributed by atoms with Gasteiger partial charge in [-0.25, -0.2) is 23.1 Å². The first-order valence-electron chi connectivity index (χ1n) is 7.60. The van der Waals surface area contributed by atoms with Gasteiger partial charge < -0.3 is 10.2 Å². The lowest BCUT2D eigenvalue weighted by molar-refractivity contribution is 0.585. The van der Waals surface area contributed by atoms with Crippen LogP contribution in [0.25, 0.3) is 0 Å². The van der Waals surface area contributed by atoms with Gasteiger partial charge in [-0.3, -0.25) is 0 Å². The van der Waals surface area contributed by atoms with Crippen LogP contribution in [-0.4, -0.2) is 44.6 Å². The highest BCUT2D eigenvalue weighted by Gasteiger charge is 2.16. The van der Waals surface area contributed by atoms with E-state index in [1.165, 1.54) is 25.2 Å². The average molecular weight is 388 g/mol. The third-order valence-corrected chi connectivity index (χ3v) is 6.80. The van der Waals surface area contributed by atoms with Gasteiger partial charge in [0, 0.05) is 32.2 Å². The van der Waals surface area contributed by atoms with Gasteiger partial charge in [0.25, 0.3) is 0 Å². The normalized spacial score (nSPS) is 15.0. The lowest BCUT2D eigenvalue weighted by Crippen LogP contribution is -2.28. The molecule has 2 N–H and O–H groups in total.